The molecule has 1 amide bonds. The molecule has 152 valence electrons. The van der Waals surface area contributed by atoms with E-state index < -0.39 is 22.0 Å². The number of carbonyl (C=O) groups is 1. The number of hydrogen-bond donors (Lipinski definition) is 1. The Bertz CT molecular complexity index is 1180. The molecule has 0 bridgehead atoms. The molecule has 1 N–H and O–H groups in total. The third kappa shape index (κ3) is 3.36. The summed E-state index contributed by atoms with van der Waals surface area (Å²) in [5, 5.41) is 3.17. The van der Waals surface area contributed by atoms with Gasteiger partial charge in [-0.3, -0.25) is 4.79 Å². The zero-order chi connectivity index (χ0) is 20.2. The number of sulfonamides is 1. The van der Waals surface area contributed by atoms with Crippen LogP contribution in [0.15, 0.2) is 28.5 Å². The summed E-state index contributed by atoms with van der Waals surface area (Å²) in [6.07, 6.45) is 1.06. The second kappa shape index (κ2) is 7.10. The van der Waals surface area contributed by atoms with E-state index in [0.29, 0.717) is 39.3 Å². The first kappa shape index (κ1) is 19.1. The molecular weight excluding hydrogens is 458 g/mol. The zero-order valence-corrected chi connectivity index (χ0v) is 18.0. The van der Waals surface area contributed by atoms with Crippen molar-refractivity contribution in [2.24, 2.45) is 0 Å². The number of thiazole rings is 1. The standard InChI is InChI=1S/C17H14ClN3O5S3/c18-14-3-4-15(28-14)29(23,24)21-5-1-2-10(21)16(22)20-17-19-9-6-11-12(26-8-25-11)7-13(9)27-17/h3-4,6-7,10H,1-2,5,8H2,(H,19,20,22)/t10-/m0/s1. The fourth-order valence-corrected chi connectivity index (χ4v) is 7.55. The van der Waals surface area contributed by atoms with Gasteiger partial charge in [-0.05, 0) is 25.0 Å². The van der Waals surface area contributed by atoms with E-state index in [0.717, 1.165) is 16.0 Å². The number of nitrogens with zero attached hydrogens (tertiary/aromatic N) is 2. The van der Waals surface area contributed by atoms with Gasteiger partial charge in [-0.15, -0.1) is 11.3 Å². The Morgan fingerprint density at radius 2 is 2.03 bits per heavy atom. The van der Waals surface area contributed by atoms with Crippen LogP contribution in [0, 0.1) is 0 Å². The number of aromatic nitrogens is 1. The number of nitrogens with one attached hydrogen (secondary N) is 1. The van der Waals surface area contributed by atoms with Crippen molar-refractivity contribution < 1.29 is 22.7 Å². The second-order valence-electron chi connectivity index (χ2n) is 6.51. The summed E-state index contributed by atoms with van der Waals surface area (Å²) in [6.45, 7) is 0.467. The topological polar surface area (TPSA) is 97.8 Å². The molecule has 0 spiro atoms. The van der Waals surface area contributed by atoms with Crippen LogP contribution in [0.4, 0.5) is 5.13 Å². The number of benzene rings is 1. The first-order chi connectivity index (χ1) is 13.9. The minimum Gasteiger partial charge on any atom is -0.454 e. The van der Waals surface area contributed by atoms with Crippen molar-refractivity contribution in [3.05, 3.63) is 28.6 Å². The number of amides is 1. The highest BCUT2D eigenvalue weighted by Gasteiger charge is 2.40. The summed E-state index contributed by atoms with van der Waals surface area (Å²) in [4.78, 5) is 17.3. The lowest BCUT2D eigenvalue weighted by molar-refractivity contribution is -0.119. The number of ether oxygens (including phenoxy) is 2. The Hall–Kier alpha value is -1.92. The molecule has 2 aromatic heterocycles. The van der Waals surface area contributed by atoms with Crippen LogP contribution in [0.1, 0.15) is 12.8 Å². The number of anilines is 1. The highest BCUT2D eigenvalue weighted by Crippen LogP contribution is 2.39. The minimum absolute atomic E-state index is 0.136. The van der Waals surface area contributed by atoms with Crippen LogP contribution >= 0.6 is 34.3 Å². The Labute approximate surface area is 179 Å². The van der Waals surface area contributed by atoms with Gasteiger partial charge in [0.2, 0.25) is 12.7 Å². The molecule has 0 aliphatic carbocycles. The average molecular weight is 472 g/mol. The van der Waals surface area contributed by atoms with E-state index in [4.69, 9.17) is 21.1 Å². The van der Waals surface area contributed by atoms with Crippen molar-refractivity contribution in [2.75, 3.05) is 18.7 Å². The van der Waals surface area contributed by atoms with Crippen LogP contribution in [-0.2, 0) is 14.8 Å². The van der Waals surface area contributed by atoms with E-state index in [-0.39, 0.29) is 17.5 Å². The number of thiophene rings is 1. The lowest BCUT2D eigenvalue weighted by atomic mass is 10.2. The fourth-order valence-electron chi connectivity index (χ4n) is 3.40. The second-order valence-corrected chi connectivity index (χ2v) is 11.4. The Morgan fingerprint density at radius 1 is 1.24 bits per heavy atom. The molecule has 5 rings (SSSR count). The number of halogens is 1. The monoisotopic (exact) mass is 471 g/mol. The van der Waals surface area contributed by atoms with Crippen molar-refractivity contribution in [2.45, 2.75) is 23.1 Å². The van der Waals surface area contributed by atoms with Gasteiger partial charge in [0.05, 0.1) is 14.6 Å². The lowest BCUT2D eigenvalue weighted by Crippen LogP contribution is -2.42. The maximum absolute atomic E-state index is 12.9. The van der Waals surface area contributed by atoms with Gasteiger partial charge >= 0.3 is 0 Å². The van der Waals surface area contributed by atoms with Gasteiger partial charge in [0.1, 0.15) is 10.3 Å². The van der Waals surface area contributed by atoms with E-state index in [2.05, 4.69) is 10.3 Å². The van der Waals surface area contributed by atoms with Crippen molar-refractivity contribution in [1.29, 1.82) is 0 Å². The Balaban J connectivity index is 1.38. The predicted molar refractivity (Wildman–Crippen MR) is 111 cm³/mol. The molecule has 4 heterocycles. The lowest BCUT2D eigenvalue weighted by Gasteiger charge is -2.22. The third-order valence-electron chi connectivity index (χ3n) is 4.73. The van der Waals surface area contributed by atoms with Crippen LogP contribution in [0.5, 0.6) is 11.5 Å². The maximum Gasteiger partial charge on any atom is 0.253 e. The summed E-state index contributed by atoms with van der Waals surface area (Å²) < 4.78 is 39.2. The van der Waals surface area contributed by atoms with Crippen LogP contribution in [0.2, 0.25) is 4.34 Å². The molecule has 3 aromatic rings. The quantitative estimate of drug-likeness (QED) is 0.625. The van der Waals surface area contributed by atoms with Crippen LogP contribution in [-0.4, -0.2) is 43.0 Å². The van der Waals surface area contributed by atoms with Gasteiger partial charge in [0, 0.05) is 18.7 Å². The minimum atomic E-state index is -3.78. The normalized spacial score (nSPS) is 19.1. The SMILES string of the molecule is O=C(Nc1nc2cc3c(cc2s1)OCO3)[C@@H]1CCCN1S(=O)(=O)c1ccc(Cl)s1. The van der Waals surface area contributed by atoms with E-state index >= 15 is 0 Å². The fraction of sp³-hybridized carbons (Fsp3) is 0.294. The summed E-state index contributed by atoms with van der Waals surface area (Å²) in [5.41, 5.74) is 0.679. The summed E-state index contributed by atoms with van der Waals surface area (Å²) in [6, 6.07) is 5.79. The van der Waals surface area contributed by atoms with Gasteiger partial charge in [0.25, 0.3) is 10.0 Å². The van der Waals surface area contributed by atoms with Crippen LogP contribution in [0.3, 0.4) is 0 Å². The zero-order valence-electron chi connectivity index (χ0n) is 14.8. The molecule has 2 aliphatic heterocycles. The summed E-state index contributed by atoms with van der Waals surface area (Å²) in [5.74, 6) is 0.859. The highest BCUT2D eigenvalue weighted by molar-refractivity contribution is 7.91. The van der Waals surface area contributed by atoms with Gasteiger partial charge in [0.15, 0.2) is 16.6 Å². The van der Waals surface area contributed by atoms with Crippen molar-refractivity contribution in [1.82, 2.24) is 9.29 Å². The number of rotatable bonds is 4. The van der Waals surface area contributed by atoms with Crippen molar-refractivity contribution in [3.8, 4) is 11.5 Å². The molecule has 1 fully saturated rings. The molecule has 0 unspecified atom stereocenters. The Morgan fingerprint density at radius 3 is 2.79 bits per heavy atom. The van der Waals surface area contributed by atoms with Crippen LogP contribution in [0.25, 0.3) is 10.2 Å². The number of carbonyl (C=O) groups excluding carboxylic acids is 1. The molecule has 0 saturated carbocycles. The molecule has 1 aromatic carbocycles. The van der Waals surface area contributed by atoms with E-state index in [1.54, 1.807) is 6.07 Å². The summed E-state index contributed by atoms with van der Waals surface area (Å²) in [7, 11) is -3.78. The van der Waals surface area contributed by atoms with Crippen molar-refractivity contribution >= 4 is 65.6 Å². The smallest absolute Gasteiger partial charge is 0.253 e. The van der Waals surface area contributed by atoms with Crippen molar-refractivity contribution in [3.63, 3.8) is 0 Å². The molecule has 1 saturated heterocycles. The van der Waals surface area contributed by atoms with Gasteiger partial charge in [-0.25, -0.2) is 13.4 Å². The average Bonchev–Trinajstić information content (AvgIpc) is 3.45. The molecule has 2 aliphatic rings. The first-order valence-corrected chi connectivity index (χ1v) is 12.2. The Kier molecular flexibility index (Phi) is 4.67. The number of hydrogen-bond acceptors (Lipinski definition) is 8. The largest absolute Gasteiger partial charge is 0.454 e. The first-order valence-electron chi connectivity index (χ1n) is 8.70. The van der Waals surface area contributed by atoms with Crippen LogP contribution < -0.4 is 14.8 Å². The van der Waals surface area contributed by atoms with E-state index in [9.17, 15) is 13.2 Å². The molecule has 8 nitrogen and oxygen atoms in total. The molecule has 0 radical (unpaired) electrons. The highest BCUT2D eigenvalue weighted by atomic mass is 35.5. The van der Waals surface area contributed by atoms with Gasteiger partial charge in [-0.2, -0.15) is 4.31 Å². The van der Waals surface area contributed by atoms with Gasteiger partial charge in [-0.1, -0.05) is 22.9 Å². The molecular formula is C17H14ClN3O5S3. The molecule has 12 heteroatoms. The number of fused-ring (bicyclic) bond motifs is 2. The maximum atomic E-state index is 12.9. The molecule has 29 heavy (non-hydrogen) atoms. The van der Waals surface area contributed by atoms with E-state index in [1.807, 2.05) is 6.07 Å². The molecule has 1 atom stereocenters. The summed E-state index contributed by atoms with van der Waals surface area (Å²) >= 11 is 8.17. The predicted octanol–water partition coefficient (Wildman–Crippen LogP) is 3.53. The van der Waals surface area contributed by atoms with Gasteiger partial charge < -0.3 is 14.8 Å². The third-order valence-corrected chi connectivity index (χ3v) is 9.27. The van der Waals surface area contributed by atoms with E-state index in [1.165, 1.54) is 27.8 Å².